The second-order valence-electron chi connectivity index (χ2n) is 5.91. The summed E-state index contributed by atoms with van der Waals surface area (Å²) in [5.74, 6) is -0.515. The van der Waals surface area contributed by atoms with Crippen molar-refractivity contribution in [1.29, 1.82) is 0 Å². The maximum absolute atomic E-state index is 11.5. The number of carbonyl (C=O) groups is 1. The summed E-state index contributed by atoms with van der Waals surface area (Å²) in [6, 6.07) is 9.40. The first-order valence-corrected chi connectivity index (χ1v) is 8.15. The van der Waals surface area contributed by atoms with Gasteiger partial charge >= 0.3 is 5.97 Å². The lowest BCUT2D eigenvalue weighted by Gasteiger charge is -2.47. The molecule has 0 aromatic heterocycles. The van der Waals surface area contributed by atoms with Crippen LogP contribution in [0.3, 0.4) is 0 Å². The highest BCUT2D eigenvalue weighted by Crippen LogP contribution is 2.35. The Morgan fingerprint density at radius 1 is 1.36 bits per heavy atom. The molecule has 136 valence electrons. The molecule has 1 N–H and O–H groups in total. The van der Waals surface area contributed by atoms with E-state index in [1.807, 2.05) is 30.3 Å². The van der Waals surface area contributed by atoms with E-state index in [9.17, 15) is 9.90 Å². The molecule has 1 aromatic carbocycles. The minimum Gasteiger partial charge on any atom is -0.457 e. The molecule has 0 amide bonds. The summed E-state index contributed by atoms with van der Waals surface area (Å²) in [5, 5.41) is 10.5. The summed E-state index contributed by atoms with van der Waals surface area (Å²) in [7, 11) is 0. The first kappa shape index (κ1) is 18.0. The number of hydrogen-bond acceptors (Lipinski definition) is 7. The van der Waals surface area contributed by atoms with E-state index in [1.54, 1.807) is 6.08 Å². The topological polar surface area (TPSA) is 83.5 Å². The standard InChI is InChI=1S/C18H22O7/c1-3-9-21-18-14(20)16(23-11(2)19)15-13(24-18)10-22-17(25-15)12-7-5-4-6-8-12/h3-8,13-18,20H,1,9-10H2,2H3/t13-,14+,15-,16-,17-,18+/m1/s1. The Morgan fingerprint density at radius 2 is 2.12 bits per heavy atom. The molecule has 7 nitrogen and oxygen atoms in total. The fourth-order valence-electron chi connectivity index (χ4n) is 2.97. The molecule has 1 aromatic rings. The normalized spacial score (nSPS) is 34.8. The summed E-state index contributed by atoms with van der Waals surface area (Å²) >= 11 is 0. The van der Waals surface area contributed by atoms with Crippen LogP contribution in [0.1, 0.15) is 18.8 Å². The van der Waals surface area contributed by atoms with E-state index in [2.05, 4.69) is 6.58 Å². The lowest BCUT2D eigenvalue weighted by Crippen LogP contribution is -2.63. The predicted molar refractivity (Wildman–Crippen MR) is 86.4 cm³/mol. The lowest BCUT2D eigenvalue weighted by molar-refractivity contribution is -0.360. The van der Waals surface area contributed by atoms with Crippen LogP contribution >= 0.6 is 0 Å². The van der Waals surface area contributed by atoms with E-state index in [0.29, 0.717) is 0 Å². The van der Waals surface area contributed by atoms with Crippen molar-refractivity contribution in [3.05, 3.63) is 48.6 Å². The summed E-state index contributed by atoms with van der Waals surface area (Å²) in [5.41, 5.74) is 0.835. The average molecular weight is 350 g/mol. The van der Waals surface area contributed by atoms with E-state index in [1.165, 1.54) is 6.92 Å². The second kappa shape index (κ2) is 8.07. The van der Waals surface area contributed by atoms with Gasteiger partial charge in [-0.2, -0.15) is 0 Å². The van der Waals surface area contributed by atoms with Crippen molar-refractivity contribution >= 4 is 5.97 Å². The van der Waals surface area contributed by atoms with Gasteiger partial charge in [0.2, 0.25) is 0 Å². The van der Waals surface area contributed by atoms with Crippen LogP contribution in [0.5, 0.6) is 0 Å². The maximum Gasteiger partial charge on any atom is 0.303 e. The molecule has 25 heavy (non-hydrogen) atoms. The van der Waals surface area contributed by atoms with E-state index in [0.717, 1.165) is 5.56 Å². The molecule has 2 fully saturated rings. The minimum absolute atomic E-state index is 0.195. The summed E-state index contributed by atoms with van der Waals surface area (Å²) in [4.78, 5) is 11.5. The molecule has 2 saturated heterocycles. The molecule has 7 heteroatoms. The highest BCUT2D eigenvalue weighted by atomic mass is 16.8. The number of aliphatic hydroxyl groups excluding tert-OH is 1. The number of rotatable bonds is 5. The Labute approximate surface area is 146 Å². The van der Waals surface area contributed by atoms with Crippen LogP contribution in [0.4, 0.5) is 0 Å². The van der Waals surface area contributed by atoms with Crippen LogP contribution in [0.25, 0.3) is 0 Å². The van der Waals surface area contributed by atoms with Gasteiger partial charge in [0.25, 0.3) is 0 Å². The van der Waals surface area contributed by atoms with Gasteiger partial charge < -0.3 is 28.8 Å². The van der Waals surface area contributed by atoms with Gasteiger partial charge in [-0.1, -0.05) is 36.4 Å². The largest absolute Gasteiger partial charge is 0.457 e. The quantitative estimate of drug-likeness (QED) is 0.633. The lowest BCUT2D eigenvalue weighted by atomic mass is 9.97. The second-order valence-corrected chi connectivity index (χ2v) is 5.91. The molecule has 0 unspecified atom stereocenters. The number of hydrogen-bond donors (Lipinski definition) is 1. The van der Waals surface area contributed by atoms with Crippen molar-refractivity contribution in [2.75, 3.05) is 13.2 Å². The van der Waals surface area contributed by atoms with Crippen LogP contribution in [-0.4, -0.2) is 55.0 Å². The van der Waals surface area contributed by atoms with Crippen molar-refractivity contribution in [3.8, 4) is 0 Å². The smallest absolute Gasteiger partial charge is 0.303 e. The van der Waals surface area contributed by atoms with Gasteiger partial charge in [0.15, 0.2) is 18.7 Å². The molecule has 2 heterocycles. The third-order valence-electron chi connectivity index (χ3n) is 4.06. The third-order valence-corrected chi connectivity index (χ3v) is 4.06. The zero-order chi connectivity index (χ0) is 17.8. The van der Waals surface area contributed by atoms with Crippen LogP contribution in [-0.2, 0) is 28.5 Å². The van der Waals surface area contributed by atoms with Gasteiger partial charge in [-0.05, 0) is 0 Å². The molecular formula is C18H22O7. The molecule has 0 spiro atoms. The monoisotopic (exact) mass is 350 g/mol. The summed E-state index contributed by atoms with van der Waals surface area (Å²) in [6.45, 7) is 5.27. The number of aliphatic hydroxyl groups is 1. The fourth-order valence-corrected chi connectivity index (χ4v) is 2.97. The molecule has 2 aliphatic heterocycles. The van der Waals surface area contributed by atoms with Crippen molar-refractivity contribution in [2.45, 2.75) is 43.9 Å². The van der Waals surface area contributed by atoms with E-state index in [-0.39, 0.29) is 13.2 Å². The molecule has 2 aliphatic rings. The van der Waals surface area contributed by atoms with Gasteiger partial charge in [-0.25, -0.2) is 0 Å². The van der Waals surface area contributed by atoms with Crippen molar-refractivity contribution in [3.63, 3.8) is 0 Å². The first-order valence-electron chi connectivity index (χ1n) is 8.15. The van der Waals surface area contributed by atoms with Gasteiger partial charge in [0.05, 0.1) is 13.2 Å². The van der Waals surface area contributed by atoms with E-state index >= 15 is 0 Å². The highest BCUT2D eigenvalue weighted by Gasteiger charge is 2.51. The SMILES string of the molecule is C=CCO[C@H]1O[C@@H]2CO[C@@H](c3ccccc3)O[C@H]2[C@H](OC(C)=O)[C@@H]1O. The molecular weight excluding hydrogens is 328 g/mol. The number of ether oxygens (including phenoxy) is 5. The Morgan fingerprint density at radius 3 is 2.80 bits per heavy atom. The van der Waals surface area contributed by atoms with Crippen LogP contribution in [0, 0.1) is 0 Å². The Bertz CT molecular complexity index is 590. The average Bonchev–Trinajstić information content (AvgIpc) is 2.63. The maximum atomic E-state index is 11.5. The molecule has 6 atom stereocenters. The predicted octanol–water partition coefficient (Wildman–Crippen LogP) is 1.32. The fraction of sp³-hybridized carbons (Fsp3) is 0.500. The van der Waals surface area contributed by atoms with E-state index < -0.39 is 43.0 Å². The minimum atomic E-state index is -1.18. The van der Waals surface area contributed by atoms with E-state index in [4.69, 9.17) is 23.7 Å². The first-order chi connectivity index (χ1) is 12.1. The molecule has 3 rings (SSSR count). The van der Waals surface area contributed by atoms with Crippen molar-refractivity contribution in [1.82, 2.24) is 0 Å². The third kappa shape index (κ3) is 4.08. The summed E-state index contributed by atoms with van der Waals surface area (Å²) in [6.07, 6.45) is -3.32. The highest BCUT2D eigenvalue weighted by molar-refractivity contribution is 5.66. The number of esters is 1. The van der Waals surface area contributed by atoms with Gasteiger partial charge in [-0.3, -0.25) is 4.79 Å². The van der Waals surface area contributed by atoms with Crippen molar-refractivity contribution < 1.29 is 33.6 Å². The number of benzene rings is 1. The zero-order valence-electron chi connectivity index (χ0n) is 13.9. The molecule has 0 saturated carbocycles. The van der Waals surface area contributed by atoms with Crippen LogP contribution in [0.15, 0.2) is 43.0 Å². The Hall–Kier alpha value is -1.77. The Balaban J connectivity index is 1.78. The number of carbonyl (C=O) groups excluding carboxylic acids is 1. The molecule has 0 radical (unpaired) electrons. The van der Waals surface area contributed by atoms with Crippen LogP contribution in [0.2, 0.25) is 0 Å². The molecule has 0 aliphatic carbocycles. The molecule has 0 bridgehead atoms. The van der Waals surface area contributed by atoms with Gasteiger partial charge in [0.1, 0.15) is 18.3 Å². The zero-order valence-corrected chi connectivity index (χ0v) is 13.9. The van der Waals surface area contributed by atoms with Crippen molar-refractivity contribution in [2.24, 2.45) is 0 Å². The number of fused-ring (bicyclic) bond motifs is 1. The van der Waals surface area contributed by atoms with Gasteiger partial charge in [0, 0.05) is 12.5 Å². The summed E-state index contributed by atoms with van der Waals surface area (Å²) < 4.78 is 28.2. The van der Waals surface area contributed by atoms with Gasteiger partial charge in [-0.15, -0.1) is 6.58 Å². The van der Waals surface area contributed by atoms with Crippen LogP contribution < -0.4 is 0 Å². The Kier molecular flexibility index (Phi) is 5.82.